The number of aromatic nitrogens is 1. The Morgan fingerprint density at radius 1 is 1.37 bits per heavy atom. The van der Waals surface area contributed by atoms with E-state index < -0.39 is 10.0 Å². The molecule has 0 unspecified atom stereocenters. The quantitative estimate of drug-likeness (QED) is 0.745. The van der Waals surface area contributed by atoms with Crippen LogP contribution in [0.4, 0.5) is 0 Å². The number of hydrogen-bond donors (Lipinski definition) is 1. The molecule has 0 fully saturated rings. The zero-order valence-electron chi connectivity index (χ0n) is 10.8. The van der Waals surface area contributed by atoms with Gasteiger partial charge in [0, 0.05) is 26.4 Å². The average molecular weight is 283 g/mol. The van der Waals surface area contributed by atoms with Crippen molar-refractivity contribution in [3.8, 4) is 6.07 Å². The van der Waals surface area contributed by atoms with Gasteiger partial charge in [-0.2, -0.15) is 5.26 Å². The third-order valence-electron chi connectivity index (χ3n) is 2.69. The molecule has 1 heterocycles. The summed E-state index contributed by atoms with van der Waals surface area (Å²) in [6, 6.07) is 4.60. The van der Waals surface area contributed by atoms with Crippen LogP contribution in [-0.2, 0) is 10.0 Å². The fraction of sp³-hybridized carbons (Fsp3) is 0.500. The number of pyridine rings is 1. The normalized spacial score (nSPS) is 11.5. The third kappa shape index (κ3) is 4.28. The highest BCUT2D eigenvalue weighted by Crippen LogP contribution is 2.14. The number of aliphatic hydroxyl groups excluding tert-OH is 1. The molecule has 0 aliphatic heterocycles. The summed E-state index contributed by atoms with van der Waals surface area (Å²) in [5.74, 6) is 0. The molecular formula is C12H17N3O3S. The second-order valence-electron chi connectivity index (χ2n) is 4.10. The van der Waals surface area contributed by atoms with E-state index in [2.05, 4.69) is 4.98 Å². The van der Waals surface area contributed by atoms with Gasteiger partial charge in [-0.1, -0.05) is 0 Å². The highest BCUT2D eigenvalue weighted by molar-refractivity contribution is 7.89. The Morgan fingerprint density at radius 2 is 2.11 bits per heavy atom. The maximum absolute atomic E-state index is 12.1. The summed E-state index contributed by atoms with van der Waals surface area (Å²) in [4.78, 5) is 3.84. The molecule has 0 aromatic carbocycles. The molecule has 104 valence electrons. The van der Waals surface area contributed by atoms with Gasteiger partial charge in [-0.15, -0.1) is 0 Å². The average Bonchev–Trinajstić information content (AvgIpc) is 2.43. The second-order valence-corrected chi connectivity index (χ2v) is 6.15. The lowest BCUT2D eigenvalue weighted by Crippen LogP contribution is -2.28. The Hall–Kier alpha value is -1.49. The van der Waals surface area contributed by atoms with E-state index in [-0.39, 0.29) is 17.2 Å². The van der Waals surface area contributed by atoms with Gasteiger partial charge in [0.1, 0.15) is 16.7 Å². The van der Waals surface area contributed by atoms with Crippen molar-refractivity contribution < 1.29 is 13.5 Å². The summed E-state index contributed by atoms with van der Waals surface area (Å²) >= 11 is 0. The third-order valence-corrected chi connectivity index (χ3v) is 4.53. The summed E-state index contributed by atoms with van der Waals surface area (Å²) in [5.41, 5.74) is 0.185. The Kier molecular flexibility index (Phi) is 5.89. The molecule has 7 heteroatoms. The van der Waals surface area contributed by atoms with Crippen LogP contribution >= 0.6 is 0 Å². The highest BCUT2D eigenvalue weighted by Gasteiger charge is 2.20. The minimum atomic E-state index is -3.55. The Labute approximate surface area is 113 Å². The maximum Gasteiger partial charge on any atom is 0.244 e. The number of rotatable bonds is 7. The number of nitriles is 1. The predicted octanol–water partition coefficient (Wildman–Crippen LogP) is 0.736. The molecular weight excluding hydrogens is 266 g/mol. The highest BCUT2D eigenvalue weighted by atomic mass is 32.2. The Bertz CT molecular complexity index is 534. The van der Waals surface area contributed by atoms with Crippen LogP contribution in [0.3, 0.4) is 0 Å². The van der Waals surface area contributed by atoms with Gasteiger partial charge in [0.15, 0.2) is 0 Å². The van der Waals surface area contributed by atoms with Gasteiger partial charge >= 0.3 is 0 Å². The number of sulfonamides is 1. The van der Waals surface area contributed by atoms with E-state index in [0.717, 1.165) is 6.42 Å². The lowest BCUT2D eigenvalue weighted by Gasteiger charge is -2.16. The van der Waals surface area contributed by atoms with Crippen molar-refractivity contribution in [2.75, 3.05) is 20.2 Å². The van der Waals surface area contributed by atoms with E-state index in [1.54, 1.807) is 0 Å². The lowest BCUT2D eigenvalue weighted by molar-refractivity contribution is 0.281. The molecule has 0 saturated carbocycles. The van der Waals surface area contributed by atoms with Crippen LogP contribution in [0.15, 0.2) is 23.2 Å². The van der Waals surface area contributed by atoms with Gasteiger partial charge in [0.2, 0.25) is 10.0 Å². The summed E-state index contributed by atoms with van der Waals surface area (Å²) in [5, 5.41) is 17.3. The van der Waals surface area contributed by atoms with Crippen LogP contribution in [-0.4, -0.2) is 43.0 Å². The molecule has 0 radical (unpaired) electrons. The van der Waals surface area contributed by atoms with Gasteiger partial charge in [0.25, 0.3) is 0 Å². The number of unbranched alkanes of at least 4 members (excludes halogenated alkanes) is 2. The molecule has 0 aliphatic rings. The molecule has 0 bridgehead atoms. The number of aliphatic hydroxyl groups is 1. The summed E-state index contributed by atoms with van der Waals surface area (Å²) < 4.78 is 25.6. The lowest BCUT2D eigenvalue weighted by atomic mass is 10.2. The van der Waals surface area contributed by atoms with Crippen LogP contribution in [0.2, 0.25) is 0 Å². The standard InChI is InChI=1S/C12H17N3O3S/c1-15(7-3-2-4-8-16)19(17,18)12-6-5-11(9-13)14-10-12/h5-6,10,16H,2-4,7-8H2,1H3. The fourth-order valence-corrected chi connectivity index (χ4v) is 2.68. The van der Waals surface area contributed by atoms with Crippen LogP contribution in [0.25, 0.3) is 0 Å². The Morgan fingerprint density at radius 3 is 2.63 bits per heavy atom. The fourth-order valence-electron chi connectivity index (χ4n) is 1.52. The monoisotopic (exact) mass is 283 g/mol. The van der Waals surface area contributed by atoms with Crippen molar-refractivity contribution >= 4 is 10.0 Å². The predicted molar refractivity (Wildman–Crippen MR) is 69.7 cm³/mol. The zero-order chi connectivity index (χ0) is 14.3. The summed E-state index contributed by atoms with van der Waals surface area (Å²) in [6.07, 6.45) is 3.34. The van der Waals surface area contributed by atoms with Crippen molar-refractivity contribution in [3.05, 3.63) is 24.0 Å². The molecule has 19 heavy (non-hydrogen) atoms. The van der Waals surface area contributed by atoms with Gasteiger partial charge in [-0.05, 0) is 31.4 Å². The van der Waals surface area contributed by atoms with E-state index in [1.165, 1.54) is 29.7 Å². The van der Waals surface area contributed by atoms with Crippen LogP contribution in [0.1, 0.15) is 25.0 Å². The summed E-state index contributed by atoms with van der Waals surface area (Å²) in [7, 11) is -2.05. The van der Waals surface area contributed by atoms with Crippen molar-refractivity contribution in [2.45, 2.75) is 24.2 Å². The second kappa shape index (κ2) is 7.19. The van der Waals surface area contributed by atoms with Gasteiger partial charge in [0.05, 0.1) is 0 Å². The minimum Gasteiger partial charge on any atom is -0.396 e. The van der Waals surface area contributed by atoms with Crippen molar-refractivity contribution in [3.63, 3.8) is 0 Å². The number of hydrogen-bond acceptors (Lipinski definition) is 5. The molecule has 0 aliphatic carbocycles. The van der Waals surface area contributed by atoms with Crippen molar-refractivity contribution in [2.24, 2.45) is 0 Å². The first kappa shape index (κ1) is 15.6. The molecule has 0 atom stereocenters. The first-order chi connectivity index (χ1) is 9.02. The molecule has 0 saturated heterocycles. The van der Waals surface area contributed by atoms with E-state index in [0.29, 0.717) is 19.4 Å². The van der Waals surface area contributed by atoms with Crippen LogP contribution in [0.5, 0.6) is 0 Å². The minimum absolute atomic E-state index is 0.0798. The van der Waals surface area contributed by atoms with E-state index in [4.69, 9.17) is 10.4 Å². The number of nitrogens with zero attached hydrogens (tertiary/aromatic N) is 3. The molecule has 0 amide bonds. The summed E-state index contributed by atoms with van der Waals surface area (Å²) in [6.45, 7) is 0.512. The van der Waals surface area contributed by atoms with Crippen LogP contribution < -0.4 is 0 Å². The van der Waals surface area contributed by atoms with Crippen molar-refractivity contribution in [1.82, 2.24) is 9.29 Å². The van der Waals surface area contributed by atoms with E-state index in [1.807, 2.05) is 6.07 Å². The zero-order valence-corrected chi connectivity index (χ0v) is 11.6. The first-order valence-corrected chi connectivity index (χ1v) is 7.39. The molecule has 1 rings (SSSR count). The van der Waals surface area contributed by atoms with Gasteiger partial charge < -0.3 is 5.11 Å². The molecule has 6 nitrogen and oxygen atoms in total. The van der Waals surface area contributed by atoms with E-state index in [9.17, 15) is 8.42 Å². The smallest absolute Gasteiger partial charge is 0.244 e. The Balaban J connectivity index is 2.70. The molecule has 1 aromatic rings. The van der Waals surface area contributed by atoms with E-state index >= 15 is 0 Å². The van der Waals surface area contributed by atoms with Gasteiger partial charge in [-0.3, -0.25) is 0 Å². The SMILES string of the molecule is CN(CCCCCO)S(=O)(=O)c1ccc(C#N)nc1. The van der Waals surface area contributed by atoms with Crippen LogP contribution in [0, 0.1) is 11.3 Å². The van der Waals surface area contributed by atoms with Crippen molar-refractivity contribution in [1.29, 1.82) is 5.26 Å². The topological polar surface area (TPSA) is 94.3 Å². The molecule has 1 N–H and O–H groups in total. The molecule has 0 spiro atoms. The maximum atomic E-state index is 12.1. The van der Waals surface area contributed by atoms with Gasteiger partial charge in [-0.25, -0.2) is 17.7 Å². The molecule has 1 aromatic heterocycles. The first-order valence-electron chi connectivity index (χ1n) is 5.95. The largest absolute Gasteiger partial charge is 0.396 e.